The minimum atomic E-state index is 0.0481. The van der Waals surface area contributed by atoms with Crippen molar-refractivity contribution in [3.05, 3.63) is 51.7 Å². The van der Waals surface area contributed by atoms with E-state index in [1.807, 2.05) is 23.5 Å². The van der Waals surface area contributed by atoms with Gasteiger partial charge in [-0.1, -0.05) is 37.8 Å². The minimum Gasteiger partial charge on any atom is -0.497 e. The van der Waals surface area contributed by atoms with Gasteiger partial charge in [-0.25, -0.2) is 0 Å². The van der Waals surface area contributed by atoms with Crippen LogP contribution in [0, 0.1) is 5.92 Å². The van der Waals surface area contributed by atoms with Gasteiger partial charge in [-0.3, -0.25) is 4.79 Å². The molecule has 2 aliphatic rings. The molecule has 0 saturated heterocycles. The average molecular weight is 370 g/mol. The molecule has 1 aliphatic heterocycles. The van der Waals surface area contributed by atoms with Crippen molar-refractivity contribution in [1.29, 1.82) is 0 Å². The van der Waals surface area contributed by atoms with Crippen molar-refractivity contribution in [1.82, 2.24) is 4.90 Å². The van der Waals surface area contributed by atoms with Crippen LogP contribution in [0.3, 0.4) is 0 Å². The molecule has 1 aliphatic carbocycles. The Morgan fingerprint density at radius 2 is 1.96 bits per heavy atom. The van der Waals surface area contributed by atoms with E-state index in [0.29, 0.717) is 12.3 Å². The van der Waals surface area contributed by atoms with Crippen LogP contribution in [0.25, 0.3) is 0 Å². The SMILES string of the molecule is COc1ccc([C@H]2c3ccsc3CCN2C(=O)CCC2CCCC2)cc1. The van der Waals surface area contributed by atoms with Crippen molar-refractivity contribution >= 4 is 17.2 Å². The third-order valence-corrected chi connectivity index (χ3v) is 6.96. The molecule has 3 nitrogen and oxygen atoms in total. The molecule has 1 saturated carbocycles. The summed E-state index contributed by atoms with van der Waals surface area (Å²) < 4.78 is 5.30. The molecule has 4 rings (SSSR count). The number of amides is 1. The summed E-state index contributed by atoms with van der Waals surface area (Å²) in [6, 6.07) is 10.5. The first kappa shape index (κ1) is 17.6. The van der Waals surface area contributed by atoms with Crippen molar-refractivity contribution in [3.8, 4) is 5.75 Å². The molecule has 1 aromatic carbocycles. The molecule has 26 heavy (non-hydrogen) atoms. The molecule has 1 aromatic heterocycles. The predicted octanol–water partition coefficient (Wildman–Crippen LogP) is 5.20. The summed E-state index contributed by atoms with van der Waals surface area (Å²) in [5, 5.41) is 2.16. The summed E-state index contributed by atoms with van der Waals surface area (Å²) in [5.74, 6) is 1.93. The molecule has 2 aromatic rings. The highest BCUT2D eigenvalue weighted by Crippen LogP contribution is 2.39. The Morgan fingerprint density at radius 3 is 2.69 bits per heavy atom. The molecule has 138 valence electrons. The van der Waals surface area contributed by atoms with Gasteiger partial charge in [0.1, 0.15) is 5.75 Å². The number of benzene rings is 1. The van der Waals surface area contributed by atoms with Crippen LogP contribution in [0.1, 0.15) is 60.6 Å². The Bertz CT molecular complexity index is 746. The number of carbonyl (C=O) groups excluding carboxylic acids is 1. The summed E-state index contributed by atoms with van der Waals surface area (Å²) in [6.07, 6.45) is 8.03. The number of nitrogens with zero attached hydrogens (tertiary/aromatic N) is 1. The number of thiophene rings is 1. The van der Waals surface area contributed by atoms with Gasteiger partial charge in [0.15, 0.2) is 0 Å². The number of methoxy groups -OCH3 is 1. The second kappa shape index (κ2) is 7.83. The quantitative estimate of drug-likeness (QED) is 0.725. The van der Waals surface area contributed by atoms with Gasteiger partial charge < -0.3 is 9.64 Å². The van der Waals surface area contributed by atoms with Crippen LogP contribution in [-0.2, 0) is 11.2 Å². The maximum Gasteiger partial charge on any atom is 0.223 e. The Hall–Kier alpha value is -1.81. The van der Waals surface area contributed by atoms with Gasteiger partial charge in [-0.15, -0.1) is 11.3 Å². The topological polar surface area (TPSA) is 29.5 Å². The summed E-state index contributed by atoms with van der Waals surface area (Å²) in [4.78, 5) is 16.6. The monoisotopic (exact) mass is 369 g/mol. The first-order valence-corrected chi connectivity index (χ1v) is 10.6. The first-order chi connectivity index (χ1) is 12.8. The average Bonchev–Trinajstić information content (AvgIpc) is 3.37. The molecule has 1 atom stereocenters. The molecule has 2 heterocycles. The Morgan fingerprint density at radius 1 is 1.19 bits per heavy atom. The molecule has 0 unspecified atom stereocenters. The fourth-order valence-corrected chi connectivity index (χ4v) is 5.40. The highest BCUT2D eigenvalue weighted by molar-refractivity contribution is 7.10. The fraction of sp³-hybridized carbons (Fsp3) is 0.500. The molecule has 0 radical (unpaired) electrons. The van der Waals surface area contributed by atoms with Crippen molar-refractivity contribution in [2.24, 2.45) is 5.92 Å². The van der Waals surface area contributed by atoms with Crippen LogP contribution in [0.4, 0.5) is 0 Å². The zero-order valence-corrected chi connectivity index (χ0v) is 16.3. The van der Waals surface area contributed by atoms with Crippen molar-refractivity contribution in [2.45, 2.75) is 51.0 Å². The Labute approximate surface area is 160 Å². The summed E-state index contributed by atoms with van der Waals surface area (Å²) in [6.45, 7) is 0.827. The maximum absolute atomic E-state index is 13.1. The van der Waals surface area contributed by atoms with Gasteiger partial charge in [-0.2, -0.15) is 0 Å². The number of fused-ring (bicyclic) bond motifs is 1. The van der Waals surface area contributed by atoms with Crippen LogP contribution in [0.15, 0.2) is 35.7 Å². The zero-order chi connectivity index (χ0) is 17.9. The van der Waals surface area contributed by atoms with Crippen LogP contribution >= 0.6 is 11.3 Å². The molecule has 4 heteroatoms. The van der Waals surface area contributed by atoms with E-state index in [4.69, 9.17) is 4.74 Å². The third-order valence-electron chi connectivity index (χ3n) is 5.96. The van der Waals surface area contributed by atoms with Crippen molar-refractivity contribution in [3.63, 3.8) is 0 Å². The standard InChI is InChI=1S/C22H27NO2S/c1-25-18-9-7-17(8-10-18)22-19-13-15-26-20(19)12-14-23(22)21(24)11-6-16-4-2-3-5-16/h7-10,13,15-16,22H,2-6,11-12,14H2,1H3/t22-/m0/s1. The van der Waals surface area contributed by atoms with Crippen LogP contribution in [-0.4, -0.2) is 24.5 Å². The number of ether oxygens (including phenoxy) is 1. The molecule has 1 fully saturated rings. The lowest BCUT2D eigenvalue weighted by Gasteiger charge is -2.36. The van der Waals surface area contributed by atoms with E-state index in [0.717, 1.165) is 31.1 Å². The number of hydrogen-bond acceptors (Lipinski definition) is 3. The van der Waals surface area contributed by atoms with E-state index in [-0.39, 0.29) is 6.04 Å². The van der Waals surface area contributed by atoms with Crippen LogP contribution < -0.4 is 4.74 Å². The molecule has 0 spiro atoms. The van der Waals surface area contributed by atoms with Gasteiger partial charge in [0, 0.05) is 17.8 Å². The van der Waals surface area contributed by atoms with Crippen LogP contribution in [0.5, 0.6) is 5.75 Å². The lowest BCUT2D eigenvalue weighted by molar-refractivity contribution is -0.133. The molecule has 0 bridgehead atoms. The van der Waals surface area contributed by atoms with Gasteiger partial charge in [-0.05, 0) is 53.5 Å². The number of carbonyl (C=O) groups is 1. The second-order valence-electron chi connectivity index (χ2n) is 7.50. The normalized spacial score (nSPS) is 20.2. The molecule has 1 amide bonds. The summed E-state index contributed by atoms with van der Waals surface area (Å²) in [5.41, 5.74) is 2.49. The molecular weight excluding hydrogens is 342 g/mol. The summed E-state index contributed by atoms with van der Waals surface area (Å²) >= 11 is 1.82. The van der Waals surface area contributed by atoms with E-state index in [1.165, 1.54) is 41.7 Å². The predicted molar refractivity (Wildman–Crippen MR) is 106 cm³/mol. The van der Waals surface area contributed by atoms with Gasteiger partial charge in [0.05, 0.1) is 13.2 Å². The third kappa shape index (κ3) is 3.52. The van der Waals surface area contributed by atoms with E-state index in [9.17, 15) is 4.79 Å². The van der Waals surface area contributed by atoms with Gasteiger partial charge in [0.25, 0.3) is 0 Å². The zero-order valence-electron chi connectivity index (χ0n) is 15.4. The fourth-order valence-electron chi connectivity index (χ4n) is 4.50. The Balaban J connectivity index is 1.56. The second-order valence-corrected chi connectivity index (χ2v) is 8.50. The largest absolute Gasteiger partial charge is 0.497 e. The Kier molecular flexibility index (Phi) is 5.30. The first-order valence-electron chi connectivity index (χ1n) is 9.76. The van der Waals surface area contributed by atoms with Crippen molar-refractivity contribution < 1.29 is 9.53 Å². The maximum atomic E-state index is 13.1. The van der Waals surface area contributed by atoms with E-state index in [2.05, 4.69) is 28.5 Å². The smallest absolute Gasteiger partial charge is 0.223 e. The van der Waals surface area contributed by atoms with E-state index in [1.54, 1.807) is 7.11 Å². The molecular formula is C22H27NO2S. The van der Waals surface area contributed by atoms with Gasteiger partial charge >= 0.3 is 0 Å². The number of hydrogen-bond donors (Lipinski definition) is 0. The van der Waals surface area contributed by atoms with Crippen LogP contribution in [0.2, 0.25) is 0 Å². The highest BCUT2D eigenvalue weighted by atomic mass is 32.1. The van der Waals surface area contributed by atoms with Crippen molar-refractivity contribution in [2.75, 3.05) is 13.7 Å². The van der Waals surface area contributed by atoms with E-state index < -0.39 is 0 Å². The molecule has 0 N–H and O–H groups in total. The van der Waals surface area contributed by atoms with E-state index >= 15 is 0 Å². The van der Waals surface area contributed by atoms with Gasteiger partial charge in [0.2, 0.25) is 5.91 Å². The lowest BCUT2D eigenvalue weighted by atomic mass is 9.92. The lowest BCUT2D eigenvalue weighted by Crippen LogP contribution is -2.40. The minimum absolute atomic E-state index is 0.0481. The number of rotatable bonds is 5. The highest BCUT2D eigenvalue weighted by Gasteiger charge is 2.32. The summed E-state index contributed by atoms with van der Waals surface area (Å²) in [7, 11) is 1.69.